The van der Waals surface area contributed by atoms with Gasteiger partial charge in [-0.25, -0.2) is 0 Å². The number of nitriles is 1. The second-order valence-electron chi connectivity index (χ2n) is 6.67. The van der Waals surface area contributed by atoms with Gasteiger partial charge in [-0.3, -0.25) is 9.69 Å². The average molecular weight is 277 g/mol. The lowest BCUT2D eigenvalue weighted by Gasteiger charge is -2.41. The molecule has 20 heavy (non-hydrogen) atoms. The van der Waals surface area contributed by atoms with Crippen LogP contribution >= 0.6 is 0 Å². The number of carbonyl (C=O) groups is 1. The molecule has 0 bridgehead atoms. The second-order valence-corrected chi connectivity index (χ2v) is 6.67. The van der Waals surface area contributed by atoms with Crippen molar-refractivity contribution in [3.05, 3.63) is 0 Å². The average Bonchev–Trinajstić information content (AvgIpc) is 2.75. The Bertz CT molecular complexity index is 370. The minimum absolute atomic E-state index is 0.257. The van der Waals surface area contributed by atoms with E-state index in [1.165, 1.54) is 25.7 Å². The largest absolute Gasteiger partial charge is 0.340 e. The molecule has 0 atom stereocenters. The molecule has 0 spiro atoms. The van der Waals surface area contributed by atoms with Crippen LogP contribution in [0.3, 0.4) is 0 Å². The smallest absolute Gasteiger partial charge is 0.225 e. The van der Waals surface area contributed by atoms with Gasteiger partial charge in [-0.2, -0.15) is 5.26 Å². The van der Waals surface area contributed by atoms with Gasteiger partial charge in [0.25, 0.3) is 0 Å². The lowest BCUT2D eigenvalue weighted by Crippen LogP contribution is -2.56. The summed E-state index contributed by atoms with van der Waals surface area (Å²) in [5.41, 5.74) is -0.419. The number of nitrogens with zero attached hydrogens (tertiary/aromatic N) is 3. The quantitative estimate of drug-likeness (QED) is 0.728. The molecule has 0 unspecified atom stereocenters. The van der Waals surface area contributed by atoms with Crippen LogP contribution in [-0.4, -0.2) is 47.4 Å². The molecule has 1 aliphatic heterocycles. The molecule has 0 aromatic rings. The molecule has 4 nitrogen and oxygen atoms in total. The van der Waals surface area contributed by atoms with E-state index in [9.17, 15) is 10.1 Å². The Balaban J connectivity index is 1.87. The van der Waals surface area contributed by atoms with Crippen LogP contribution in [0.1, 0.15) is 52.4 Å². The zero-order valence-electron chi connectivity index (χ0n) is 12.9. The van der Waals surface area contributed by atoms with Gasteiger partial charge in [0, 0.05) is 32.1 Å². The summed E-state index contributed by atoms with van der Waals surface area (Å²) in [6.07, 6.45) is 7.13. The van der Waals surface area contributed by atoms with Crippen molar-refractivity contribution in [3.8, 4) is 6.07 Å². The second kappa shape index (κ2) is 6.58. The van der Waals surface area contributed by atoms with Crippen LogP contribution in [0.15, 0.2) is 0 Å². The molecular weight excluding hydrogens is 250 g/mol. The number of hydrogen-bond donors (Lipinski definition) is 0. The van der Waals surface area contributed by atoms with Gasteiger partial charge >= 0.3 is 0 Å². The van der Waals surface area contributed by atoms with Crippen LogP contribution in [0.25, 0.3) is 0 Å². The topological polar surface area (TPSA) is 47.3 Å². The van der Waals surface area contributed by atoms with Crippen molar-refractivity contribution < 1.29 is 4.79 Å². The van der Waals surface area contributed by atoms with Crippen LogP contribution < -0.4 is 0 Å². The summed E-state index contributed by atoms with van der Waals surface area (Å²) >= 11 is 0. The molecule has 1 saturated heterocycles. The van der Waals surface area contributed by atoms with Gasteiger partial charge in [0.05, 0.1) is 6.07 Å². The third-order valence-electron chi connectivity index (χ3n) is 4.86. The molecule has 1 saturated carbocycles. The fourth-order valence-corrected chi connectivity index (χ4v) is 3.34. The van der Waals surface area contributed by atoms with Crippen LogP contribution in [0, 0.1) is 17.2 Å². The van der Waals surface area contributed by atoms with E-state index in [1.54, 1.807) is 0 Å². The van der Waals surface area contributed by atoms with E-state index >= 15 is 0 Å². The maximum absolute atomic E-state index is 12.6. The number of amides is 1. The predicted molar refractivity (Wildman–Crippen MR) is 79.0 cm³/mol. The van der Waals surface area contributed by atoms with E-state index < -0.39 is 5.54 Å². The molecule has 2 aliphatic rings. The molecule has 4 heteroatoms. The molecule has 0 aromatic heterocycles. The van der Waals surface area contributed by atoms with Crippen molar-refractivity contribution >= 4 is 5.91 Å². The zero-order chi connectivity index (χ0) is 14.6. The van der Waals surface area contributed by atoms with Crippen LogP contribution in [0.5, 0.6) is 0 Å². The molecular formula is C16H27N3O. The minimum Gasteiger partial charge on any atom is -0.340 e. The fourth-order valence-electron chi connectivity index (χ4n) is 3.34. The van der Waals surface area contributed by atoms with Crippen molar-refractivity contribution in [2.75, 3.05) is 26.2 Å². The maximum atomic E-state index is 12.6. The van der Waals surface area contributed by atoms with Crippen LogP contribution in [-0.2, 0) is 4.79 Å². The Hall–Kier alpha value is -1.08. The monoisotopic (exact) mass is 277 g/mol. The standard InChI is InChI=1S/C16H27N3O/c1-16(2,13-17)19-11-9-18(10-12-19)15(20)14-7-5-3-4-6-8-14/h14H,3-12H2,1-2H3. The van der Waals surface area contributed by atoms with E-state index in [-0.39, 0.29) is 5.92 Å². The normalized spacial score (nSPS) is 23.1. The Morgan fingerprint density at radius 2 is 1.60 bits per heavy atom. The van der Waals surface area contributed by atoms with E-state index in [0.717, 1.165) is 39.0 Å². The number of piperazine rings is 1. The summed E-state index contributed by atoms with van der Waals surface area (Å²) in [5.74, 6) is 0.620. The first-order chi connectivity index (χ1) is 9.54. The third kappa shape index (κ3) is 3.52. The van der Waals surface area contributed by atoms with Gasteiger partial charge in [0.1, 0.15) is 5.54 Å². The fraction of sp³-hybridized carbons (Fsp3) is 0.875. The Kier molecular flexibility index (Phi) is 5.04. The van der Waals surface area contributed by atoms with E-state index in [1.807, 2.05) is 18.7 Å². The number of rotatable bonds is 2. The van der Waals surface area contributed by atoms with Gasteiger partial charge in [-0.1, -0.05) is 25.7 Å². The summed E-state index contributed by atoms with van der Waals surface area (Å²) in [6, 6.07) is 2.35. The van der Waals surface area contributed by atoms with Crippen molar-refractivity contribution in [1.82, 2.24) is 9.80 Å². The van der Waals surface area contributed by atoms with E-state index in [2.05, 4.69) is 11.0 Å². The molecule has 1 aliphatic carbocycles. The maximum Gasteiger partial charge on any atom is 0.225 e. The first-order valence-corrected chi connectivity index (χ1v) is 8.00. The van der Waals surface area contributed by atoms with Crippen molar-refractivity contribution in [2.24, 2.45) is 5.92 Å². The molecule has 2 rings (SSSR count). The van der Waals surface area contributed by atoms with Crippen LogP contribution in [0.2, 0.25) is 0 Å². The number of hydrogen-bond acceptors (Lipinski definition) is 3. The van der Waals surface area contributed by atoms with Crippen molar-refractivity contribution in [1.29, 1.82) is 5.26 Å². The molecule has 0 radical (unpaired) electrons. The highest BCUT2D eigenvalue weighted by Gasteiger charge is 2.33. The molecule has 0 N–H and O–H groups in total. The van der Waals surface area contributed by atoms with Gasteiger partial charge in [0.15, 0.2) is 0 Å². The SMILES string of the molecule is CC(C)(C#N)N1CCN(C(=O)C2CCCCCC2)CC1. The molecule has 2 fully saturated rings. The van der Waals surface area contributed by atoms with Crippen LogP contribution in [0.4, 0.5) is 0 Å². The van der Waals surface area contributed by atoms with Gasteiger partial charge < -0.3 is 4.90 Å². The first-order valence-electron chi connectivity index (χ1n) is 8.00. The summed E-state index contributed by atoms with van der Waals surface area (Å²) in [7, 11) is 0. The Morgan fingerprint density at radius 1 is 1.05 bits per heavy atom. The van der Waals surface area contributed by atoms with Crippen molar-refractivity contribution in [3.63, 3.8) is 0 Å². The highest BCUT2D eigenvalue weighted by Crippen LogP contribution is 2.25. The van der Waals surface area contributed by atoms with Gasteiger partial charge in [-0.05, 0) is 26.7 Å². The Morgan fingerprint density at radius 3 is 2.10 bits per heavy atom. The number of carbonyl (C=O) groups excluding carboxylic acids is 1. The van der Waals surface area contributed by atoms with Gasteiger partial charge in [0.2, 0.25) is 5.91 Å². The minimum atomic E-state index is -0.419. The third-order valence-corrected chi connectivity index (χ3v) is 4.86. The molecule has 0 aromatic carbocycles. The van der Waals surface area contributed by atoms with Gasteiger partial charge in [-0.15, -0.1) is 0 Å². The highest BCUT2D eigenvalue weighted by atomic mass is 16.2. The highest BCUT2D eigenvalue weighted by molar-refractivity contribution is 5.79. The van der Waals surface area contributed by atoms with E-state index in [4.69, 9.17) is 0 Å². The lowest BCUT2D eigenvalue weighted by molar-refractivity contribution is -0.138. The first kappa shape index (κ1) is 15.3. The summed E-state index contributed by atoms with van der Waals surface area (Å²) in [6.45, 7) is 7.10. The Labute approximate surface area is 122 Å². The van der Waals surface area contributed by atoms with E-state index in [0.29, 0.717) is 5.91 Å². The van der Waals surface area contributed by atoms with Crippen molar-refractivity contribution in [2.45, 2.75) is 57.9 Å². The zero-order valence-corrected chi connectivity index (χ0v) is 12.9. The summed E-state index contributed by atoms with van der Waals surface area (Å²) in [4.78, 5) is 16.8. The summed E-state index contributed by atoms with van der Waals surface area (Å²) in [5, 5.41) is 9.18. The molecule has 1 heterocycles. The predicted octanol–water partition coefficient (Wildman–Crippen LogP) is 2.40. The lowest BCUT2D eigenvalue weighted by atomic mass is 9.98. The molecule has 1 amide bonds. The molecule has 112 valence electrons. The summed E-state index contributed by atoms with van der Waals surface area (Å²) < 4.78 is 0.